The Hall–Kier alpha value is -3.84. The van der Waals surface area contributed by atoms with Crippen LogP contribution in [0.2, 0.25) is 0 Å². The molecule has 0 aliphatic heterocycles. The van der Waals surface area contributed by atoms with Crippen molar-refractivity contribution in [3.63, 3.8) is 0 Å². The lowest BCUT2D eigenvalue weighted by Gasteiger charge is -2.06. The van der Waals surface area contributed by atoms with E-state index in [9.17, 15) is 10.1 Å². The van der Waals surface area contributed by atoms with Crippen LogP contribution in [0.1, 0.15) is 0 Å². The lowest BCUT2D eigenvalue weighted by Crippen LogP contribution is -1.91. The van der Waals surface area contributed by atoms with Crippen molar-refractivity contribution in [2.75, 3.05) is 5.32 Å². The van der Waals surface area contributed by atoms with Gasteiger partial charge in [-0.2, -0.15) is 10.5 Å². The second-order valence-electron chi connectivity index (χ2n) is 4.30. The summed E-state index contributed by atoms with van der Waals surface area (Å²) < 4.78 is 5.57. The smallest absolute Gasteiger partial charge is 0.269 e. The molecule has 0 unspecified atom stereocenters. The van der Waals surface area contributed by atoms with Crippen LogP contribution in [0.4, 0.5) is 11.4 Å². The number of nitriles is 2. The van der Waals surface area contributed by atoms with Gasteiger partial charge in [0.05, 0.1) is 4.92 Å². The van der Waals surface area contributed by atoms with Crippen LogP contribution in [0.5, 0.6) is 11.5 Å². The van der Waals surface area contributed by atoms with Gasteiger partial charge in [0.25, 0.3) is 5.69 Å². The van der Waals surface area contributed by atoms with E-state index >= 15 is 0 Å². The topological polar surface area (TPSA) is 112 Å². The van der Waals surface area contributed by atoms with E-state index in [1.54, 1.807) is 36.4 Å². The summed E-state index contributed by atoms with van der Waals surface area (Å²) >= 11 is 0. The molecule has 0 aromatic heterocycles. The fourth-order valence-corrected chi connectivity index (χ4v) is 1.64. The average molecular weight is 306 g/mol. The molecule has 2 rings (SSSR count). The van der Waals surface area contributed by atoms with Gasteiger partial charge in [-0.1, -0.05) is 0 Å². The molecule has 0 aliphatic carbocycles. The second kappa shape index (κ2) is 7.25. The van der Waals surface area contributed by atoms with Gasteiger partial charge in [0, 0.05) is 24.0 Å². The van der Waals surface area contributed by atoms with Gasteiger partial charge in [0.15, 0.2) is 0 Å². The van der Waals surface area contributed by atoms with Crippen molar-refractivity contribution in [1.82, 2.24) is 0 Å². The van der Waals surface area contributed by atoms with E-state index in [0.717, 1.165) is 0 Å². The van der Waals surface area contributed by atoms with Gasteiger partial charge in [-0.15, -0.1) is 0 Å². The van der Waals surface area contributed by atoms with Gasteiger partial charge < -0.3 is 10.1 Å². The molecule has 0 saturated heterocycles. The third-order valence-electron chi connectivity index (χ3n) is 2.76. The number of allylic oxidation sites excluding steroid dienone is 1. The van der Waals surface area contributed by atoms with Gasteiger partial charge in [-0.05, 0) is 36.4 Å². The van der Waals surface area contributed by atoms with E-state index in [-0.39, 0.29) is 11.3 Å². The average Bonchev–Trinajstić information content (AvgIpc) is 2.58. The van der Waals surface area contributed by atoms with Gasteiger partial charge in [-0.3, -0.25) is 10.1 Å². The van der Waals surface area contributed by atoms with Crippen molar-refractivity contribution in [2.24, 2.45) is 0 Å². The van der Waals surface area contributed by atoms with E-state index in [2.05, 4.69) is 5.32 Å². The molecular formula is C16H10N4O3. The minimum Gasteiger partial charge on any atom is -0.457 e. The molecule has 23 heavy (non-hydrogen) atoms. The van der Waals surface area contributed by atoms with E-state index in [1.807, 2.05) is 0 Å². The molecule has 7 nitrogen and oxygen atoms in total. The molecule has 112 valence electrons. The molecule has 0 radical (unpaired) electrons. The molecular weight excluding hydrogens is 296 g/mol. The van der Waals surface area contributed by atoms with E-state index in [0.29, 0.717) is 17.2 Å². The number of ether oxygens (including phenoxy) is 1. The monoisotopic (exact) mass is 306 g/mol. The van der Waals surface area contributed by atoms with Crippen molar-refractivity contribution in [3.8, 4) is 23.6 Å². The fraction of sp³-hybridized carbons (Fsp3) is 0. The zero-order chi connectivity index (χ0) is 16.7. The highest BCUT2D eigenvalue weighted by Crippen LogP contribution is 2.25. The van der Waals surface area contributed by atoms with Crippen LogP contribution in [0, 0.1) is 32.8 Å². The lowest BCUT2D eigenvalue weighted by atomic mass is 10.3. The summed E-state index contributed by atoms with van der Waals surface area (Å²) in [5.74, 6) is 1.03. The van der Waals surface area contributed by atoms with Crippen LogP contribution in [0.25, 0.3) is 0 Å². The molecule has 2 aromatic carbocycles. The quantitative estimate of drug-likeness (QED) is 0.511. The first kappa shape index (κ1) is 15.5. The standard InChI is InChI=1S/C16H10N4O3/c17-9-12(10-18)11-19-13-1-5-15(6-2-13)23-16-7-3-14(4-8-16)20(21)22/h1-8,11,19H. The van der Waals surface area contributed by atoms with E-state index < -0.39 is 4.92 Å². The van der Waals surface area contributed by atoms with Crippen molar-refractivity contribution < 1.29 is 9.66 Å². The van der Waals surface area contributed by atoms with Crippen LogP contribution in [0.15, 0.2) is 60.3 Å². The number of hydrogen-bond acceptors (Lipinski definition) is 6. The number of non-ortho nitro benzene ring substituents is 1. The Morgan fingerprint density at radius 3 is 2.04 bits per heavy atom. The maximum atomic E-state index is 10.6. The summed E-state index contributed by atoms with van der Waals surface area (Å²) in [5, 5.41) is 30.6. The summed E-state index contributed by atoms with van der Waals surface area (Å²) in [4.78, 5) is 10.1. The Labute approximate surface area is 131 Å². The first-order chi connectivity index (χ1) is 11.1. The number of anilines is 1. The number of nitro groups is 1. The Morgan fingerprint density at radius 2 is 1.57 bits per heavy atom. The fourth-order valence-electron chi connectivity index (χ4n) is 1.64. The summed E-state index contributed by atoms with van der Waals surface area (Å²) in [5.41, 5.74) is 0.648. The molecule has 0 spiro atoms. The number of nitrogens with zero attached hydrogens (tertiary/aromatic N) is 3. The van der Waals surface area contributed by atoms with Crippen LogP contribution in [-0.4, -0.2) is 4.92 Å². The first-order valence-electron chi connectivity index (χ1n) is 6.41. The zero-order valence-electron chi connectivity index (χ0n) is 11.8. The van der Waals surface area contributed by atoms with Crippen LogP contribution in [0.3, 0.4) is 0 Å². The second-order valence-corrected chi connectivity index (χ2v) is 4.30. The zero-order valence-corrected chi connectivity index (χ0v) is 11.8. The predicted molar refractivity (Wildman–Crippen MR) is 82.5 cm³/mol. The number of rotatable bonds is 5. The van der Waals surface area contributed by atoms with Crippen molar-refractivity contribution in [2.45, 2.75) is 0 Å². The minimum absolute atomic E-state index is 0.00512. The summed E-state index contributed by atoms with van der Waals surface area (Å²) in [7, 11) is 0. The molecule has 0 aliphatic rings. The normalized spacial score (nSPS) is 9.13. The highest BCUT2D eigenvalue weighted by molar-refractivity contribution is 5.51. The van der Waals surface area contributed by atoms with Gasteiger partial charge in [0.2, 0.25) is 0 Å². The van der Waals surface area contributed by atoms with Crippen LogP contribution < -0.4 is 10.1 Å². The first-order valence-corrected chi connectivity index (χ1v) is 6.41. The number of benzene rings is 2. The third kappa shape index (κ3) is 4.31. The summed E-state index contributed by atoms with van der Waals surface area (Å²) in [6, 6.07) is 16.0. The highest BCUT2D eigenvalue weighted by Gasteiger charge is 2.05. The highest BCUT2D eigenvalue weighted by atomic mass is 16.6. The van der Waals surface area contributed by atoms with E-state index in [4.69, 9.17) is 15.3 Å². The third-order valence-corrected chi connectivity index (χ3v) is 2.76. The molecule has 2 aromatic rings. The number of hydrogen-bond donors (Lipinski definition) is 1. The molecule has 7 heteroatoms. The Bertz CT molecular complexity index is 796. The molecule has 0 atom stereocenters. The van der Waals surface area contributed by atoms with Crippen molar-refractivity contribution in [1.29, 1.82) is 10.5 Å². The van der Waals surface area contributed by atoms with Crippen molar-refractivity contribution >= 4 is 11.4 Å². The minimum atomic E-state index is -0.478. The maximum absolute atomic E-state index is 10.6. The van der Waals surface area contributed by atoms with Gasteiger partial charge in [-0.25, -0.2) is 0 Å². The maximum Gasteiger partial charge on any atom is 0.269 e. The summed E-state index contributed by atoms with van der Waals surface area (Å²) in [6.07, 6.45) is 1.31. The molecule has 0 fully saturated rings. The Balaban J connectivity index is 2.03. The van der Waals surface area contributed by atoms with Crippen LogP contribution in [-0.2, 0) is 0 Å². The molecule has 0 heterocycles. The molecule has 0 saturated carbocycles. The lowest BCUT2D eigenvalue weighted by molar-refractivity contribution is -0.384. The van der Waals surface area contributed by atoms with E-state index in [1.165, 1.54) is 30.5 Å². The largest absolute Gasteiger partial charge is 0.457 e. The van der Waals surface area contributed by atoms with Gasteiger partial charge in [0.1, 0.15) is 29.2 Å². The molecule has 0 bridgehead atoms. The van der Waals surface area contributed by atoms with Gasteiger partial charge >= 0.3 is 0 Å². The van der Waals surface area contributed by atoms with Crippen LogP contribution >= 0.6 is 0 Å². The number of nitrogens with one attached hydrogen (secondary N) is 1. The molecule has 1 N–H and O–H groups in total. The predicted octanol–water partition coefficient (Wildman–Crippen LogP) is 3.73. The Morgan fingerprint density at radius 1 is 1.04 bits per heavy atom. The SMILES string of the molecule is N#CC(C#N)=CNc1ccc(Oc2ccc([N+](=O)[O-])cc2)cc1. The molecule has 0 amide bonds. The summed E-state index contributed by atoms with van der Waals surface area (Å²) in [6.45, 7) is 0. The number of nitro benzene ring substituents is 1. The Kier molecular flexibility index (Phi) is 4.90. The van der Waals surface area contributed by atoms with Crippen molar-refractivity contribution in [3.05, 3.63) is 70.4 Å².